The molecule has 0 heterocycles. The molecule has 0 saturated carbocycles. The van der Waals surface area contributed by atoms with Gasteiger partial charge in [0, 0.05) is 23.4 Å². The number of nitrogens with zero attached hydrogens (tertiary/aromatic N) is 1. The van der Waals surface area contributed by atoms with Gasteiger partial charge in [0.25, 0.3) is 5.69 Å². The van der Waals surface area contributed by atoms with E-state index in [4.69, 9.17) is 0 Å². The van der Waals surface area contributed by atoms with Crippen molar-refractivity contribution >= 4 is 11.4 Å². The highest BCUT2D eigenvalue weighted by Gasteiger charge is 2.36. The third kappa shape index (κ3) is 3.84. The summed E-state index contributed by atoms with van der Waals surface area (Å²) in [5, 5.41) is 13.3. The summed E-state index contributed by atoms with van der Waals surface area (Å²) in [6, 6.07) is 2.70. The van der Waals surface area contributed by atoms with Crippen molar-refractivity contribution in [1.82, 2.24) is 0 Å². The van der Waals surface area contributed by atoms with E-state index in [9.17, 15) is 23.3 Å². The number of nitro groups is 1. The summed E-state index contributed by atoms with van der Waals surface area (Å²) in [7, 11) is 0. The number of nitro benzene ring substituents is 1. The molecule has 0 saturated heterocycles. The van der Waals surface area contributed by atoms with Gasteiger partial charge in [-0.2, -0.15) is 13.2 Å². The second-order valence-corrected chi connectivity index (χ2v) is 4.85. The standard InChI is InChI=1S/C12H15F3N2O2/c1-4-11(2,3)16-10-6-5-8(17(18)19)7-9(10)12(13,14)15/h5-7,16H,4H2,1-3H3. The van der Waals surface area contributed by atoms with Crippen molar-refractivity contribution in [1.29, 1.82) is 0 Å². The second kappa shape index (κ2) is 5.07. The zero-order chi connectivity index (χ0) is 14.8. The second-order valence-electron chi connectivity index (χ2n) is 4.85. The average Bonchev–Trinajstić information content (AvgIpc) is 2.27. The highest BCUT2D eigenvalue weighted by atomic mass is 19.4. The van der Waals surface area contributed by atoms with Crippen LogP contribution < -0.4 is 5.32 Å². The minimum absolute atomic E-state index is 0.148. The lowest BCUT2D eigenvalue weighted by Crippen LogP contribution is -2.30. The Hall–Kier alpha value is -1.79. The maximum atomic E-state index is 12.9. The van der Waals surface area contributed by atoms with Crippen LogP contribution in [0, 0.1) is 10.1 Å². The third-order valence-electron chi connectivity index (χ3n) is 2.88. The predicted molar refractivity (Wildman–Crippen MR) is 66.1 cm³/mol. The third-order valence-corrected chi connectivity index (χ3v) is 2.88. The fourth-order valence-electron chi connectivity index (χ4n) is 1.44. The number of nitrogens with one attached hydrogen (secondary N) is 1. The molecule has 0 aliphatic heterocycles. The van der Waals surface area contributed by atoms with Gasteiger partial charge in [0.05, 0.1) is 10.5 Å². The number of halogens is 3. The Bertz CT molecular complexity index is 484. The van der Waals surface area contributed by atoms with Gasteiger partial charge in [0.1, 0.15) is 0 Å². The minimum atomic E-state index is -4.64. The number of hydrogen-bond donors (Lipinski definition) is 1. The van der Waals surface area contributed by atoms with Gasteiger partial charge in [-0.3, -0.25) is 10.1 Å². The van der Waals surface area contributed by atoms with Crippen LogP contribution in [0.4, 0.5) is 24.5 Å². The SMILES string of the molecule is CCC(C)(C)Nc1ccc([N+](=O)[O-])cc1C(F)(F)F. The van der Waals surface area contributed by atoms with Crippen LogP contribution in [-0.4, -0.2) is 10.5 Å². The molecule has 106 valence electrons. The van der Waals surface area contributed by atoms with Crippen molar-refractivity contribution in [3.63, 3.8) is 0 Å². The number of anilines is 1. The largest absolute Gasteiger partial charge is 0.418 e. The first-order valence-electron chi connectivity index (χ1n) is 5.70. The maximum absolute atomic E-state index is 12.9. The maximum Gasteiger partial charge on any atom is 0.418 e. The fourth-order valence-corrected chi connectivity index (χ4v) is 1.44. The van der Waals surface area contributed by atoms with E-state index < -0.39 is 27.9 Å². The summed E-state index contributed by atoms with van der Waals surface area (Å²) >= 11 is 0. The summed E-state index contributed by atoms with van der Waals surface area (Å²) in [5.74, 6) is 0. The molecule has 0 fully saturated rings. The highest BCUT2D eigenvalue weighted by molar-refractivity contribution is 5.58. The number of benzene rings is 1. The van der Waals surface area contributed by atoms with E-state index in [2.05, 4.69) is 5.32 Å². The van der Waals surface area contributed by atoms with Gasteiger partial charge >= 0.3 is 6.18 Å². The molecule has 0 unspecified atom stereocenters. The van der Waals surface area contributed by atoms with Gasteiger partial charge in [0.2, 0.25) is 0 Å². The van der Waals surface area contributed by atoms with Gasteiger partial charge in [-0.05, 0) is 26.3 Å². The van der Waals surface area contributed by atoms with E-state index in [0.29, 0.717) is 12.5 Å². The summed E-state index contributed by atoms with van der Waals surface area (Å²) < 4.78 is 38.7. The molecule has 0 spiro atoms. The van der Waals surface area contributed by atoms with Crippen LogP contribution in [0.2, 0.25) is 0 Å². The van der Waals surface area contributed by atoms with Crippen molar-refractivity contribution in [3.8, 4) is 0 Å². The van der Waals surface area contributed by atoms with Gasteiger partial charge in [-0.1, -0.05) is 6.92 Å². The van der Waals surface area contributed by atoms with Crippen LogP contribution in [-0.2, 0) is 6.18 Å². The van der Waals surface area contributed by atoms with Gasteiger partial charge in [-0.15, -0.1) is 0 Å². The molecule has 4 nitrogen and oxygen atoms in total. The Morgan fingerprint density at radius 3 is 2.32 bits per heavy atom. The molecule has 0 amide bonds. The van der Waals surface area contributed by atoms with Crippen LogP contribution in [0.25, 0.3) is 0 Å². The van der Waals surface area contributed by atoms with Crippen LogP contribution in [0.15, 0.2) is 18.2 Å². The quantitative estimate of drug-likeness (QED) is 0.662. The Morgan fingerprint density at radius 2 is 1.89 bits per heavy atom. The number of hydrogen-bond acceptors (Lipinski definition) is 3. The lowest BCUT2D eigenvalue weighted by Gasteiger charge is -2.27. The van der Waals surface area contributed by atoms with Gasteiger partial charge in [0.15, 0.2) is 0 Å². The van der Waals surface area contributed by atoms with Crippen molar-refractivity contribution in [2.75, 3.05) is 5.32 Å². The van der Waals surface area contributed by atoms with Crippen molar-refractivity contribution in [2.45, 2.75) is 38.9 Å². The van der Waals surface area contributed by atoms with Crippen molar-refractivity contribution in [2.24, 2.45) is 0 Å². The molecule has 0 aliphatic rings. The van der Waals surface area contributed by atoms with Gasteiger partial charge < -0.3 is 5.32 Å². The molecular weight excluding hydrogens is 261 g/mol. The first-order valence-corrected chi connectivity index (χ1v) is 5.70. The first kappa shape index (κ1) is 15.3. The Morgan fingerprint density at radius 1 is 1.32 bits per heavy atom. The zero-order valence-corrected chi connectivity index (χ0v) is 10.8. The fraction of sp³-hybridized carbons (Fsp3) is 0.500. The Labute approximate surface area is 108 Å². The van der Waals surface area contributed by atoms with Crippen LogP contribution >= 0.6 is 0 Å². The topological polar surface area (TPSA) is 55.2 Å². The van der Waals surface area contributed by atoms with E-state index in [-0.39, 0.29) is 5.69 Å². The molecule has 19 heavy (non-hydrogen) atoms. The summed E-state index contributed by atoms with van der Waals surface area (Å²) in [4.78, 5) is 9.71. The lowest BCUT2D eigenvalue weighted by molar-refractivity contribution is -0.385. The summed E-state index contributed by atoms with van der Waals surface area (Å²) in [6.07, 6.45) is -4.03. The number of alkyl halides is 3. The molecular formula is C12H15F3N2O2. The molecule has 1 N–H and O–H groups in total. The van der Waals surface area contributed by atoms with E-state index in [0.717, 1.165) is 12.1 Å². The van der Waals surface area contributed by atoms with Crippen molar-refractivity contribution < 1.29 is 18.1 Å². The van der Waals surface area contributed by atoms with E-state index in [1.165, 1.54) is 0 Å². The van der Waals surface area contributed by atoms with E-state index >= 15 is 0 Å². The molecule has 7 heteroatoms. The summed E-state index contributed by atoms with van der Waals surface area (Å²) in [5.41, 5.74) is -2.28. The number of non-ortho nitro benzene ring substituents is 1. The molecule has 1 aromatic carbocycles. The lowest BCUT2D eigenvalue weighted by atomic mass is 10.00. The molecule has 0 radical (unpaired) electrons. The molecule has 1 rings (SSSR count). The van der Waals surface area contributed by atoms with Crippen LogP contribution in [0.5, 0.6) is 0 Å². The molecule has 0 aliphatic carbocycles. The summed E-state index contributed by atoms with van der Waals surface area (Å²) in [6.45, 7) is 5.36. The van der Waals surface area contributed by atoms with E-state index in [1.54, 1.807) is 13.8 Å². The Kier molecular flexibility index (Phi) is 4.07. The monoisotopic (exact) mass is 276 g/mol. The van der Waals surface area contributed by atoms with Crippen molar-refractivity contribution in [3.05, 3.63) is 33.9 Å². The van der Waals surface area contributed by atoms with E-state index in [1.807, 2.05) is 6.92 Å². The predicted octanol–water partition coefficient (Wildman–Crippen LogP) is 4.21. The molecule has 0 atom stereocenters. The average molecular weight is 276 g/mol. The molecule has 0 bridgehead atoms. The highest BCUT2D eigenvalue weighted by Crippen LogP contribution is 2.38. The number of rotatable bonds is 4. The van der Waals surface area contributed by atoms with Crippen LogP contribution in [0.1, 0.15) is 32.8 Å². The normalized spacial score (nSPS) is 12.3. The van der Waals surface area contributed by atoms with Crippen LogP contribution in [0.3, 0.4) is 0 Å². The first-order chi connectivity index (χ1) is 8.57. The van der Waals surface area contributed by atoms with Gasteiger partial charge in [-0.25, -0.2) is 0 Å². The minimum Gasteiger partial charge on any atom is -0.380 e. The Balaban J connectivity index is 3.28. The smallest absolute Gasteiger partial charge is 0.380 e. The zero-order valence-electron chi connectivity index (χ0n) is 10.8. The molecule has 0 aromatic heterocycles. The molecule has 1 aromatic rings.